The molecule has 0 aromatic heterocycles. The highest BCUT2D eigenvalue weighted by molar-refractivity contribution is 5.76. The van der Waals surface area contributed by atoms with Crippen LogP contribution in [-0.4, -0.2) is 18.4 Å². The summed E-state index contributed by atoms with van der Waals surface area (Å²) in [5, 5.41) is 0. The second-order valence-electron chi connectivity index (χ2n) is 8.23. The molecule has 0 heterocycles. The van der Waals surface area contributed by atoms with Crippen LogP contribution in [0, 0.1) is 10.8 Å². The van der Waals surface area contributed by atoms with E-state index >= 15 is 0 Å². The van der Waals surface area contributed by atoms with Crippen molar-refractivity contribution >= 4 is 11.8 Å². The van der Waals surface area contributed by atoms with Crippen LogP contribution in [0.2, 0.25) is 0 Å². The molecule has 0 aromatic carbocycles. The van der Waals surface area contributed by atoms with E-state index in [0.29, 0.717) is 12.8 Å². The van der Waals surface area contributed by atoms with Gasteiger partial charge in [0.15, 0.2) is 0 Å². The Hall–Kier alpha value is -0.860. The van der Waals surface area contributed by atoms with Crippen LogP contribution >= 0.6 is 0 Å². The highest BCUT2D eigenvalue weighted by Gasteiger charge is 2.22. The van der Waals surface area contributed by atoms with Gasteiger partial charge in [-0.2, -0.15) is 0 Å². The molecule has 0 rings (SSSR count). The van der Waals surface area contributed by atoms with Crippen molar-refractivity contribution in [3.8, 4) is 0 Å². The Morgan fingerprint density at radius 1 is 0.786 bits per heavy atom. The van der Waals surface area contributed by atoms with Gasteiger partial charge in [-0.05, 0) is 37.5 Å². The third kappa shape index (κ3) is 17.3. The van der Waals surface area contributed by atoms with E-state index in [9.17, 15) is 9.59 Å². The van der Waals surface area contributed by atoms with Gasteiger partial charge in [-0.25, -0.2) is 0 Å². The van der Waals surface area contributed by atoms with Crippen LogP contribution in [0.4, 0.5) is 0 Å². The van der Waals surface area contributed by atoms with Crippen LogP contribution in [0.5, 0.6) is 0 Å². The lowest BCUT2D eigenvalue weighted by atomic mass is 9.82. The van der Waals surface area contributed by atoms with Crippen LogP contribution in [0.25, 0.3) is 0 Å². The summed E-state index contributed by atoms with van der Waals surface area (Å²) in [5.74, 6) is -1.91. The second kappa shape index (κ2) is 15.0. The maximum atomic E-state index is 12.1. The Morgan fingerprint density at radius 2 is 1.18 bits per heavy atom. The van der Waals surface area contributed by atoms with E-state index in [2.05, 4.69) is 0 Å². The van der Waals surface area contributed by atoms with Gasteiger partial charge in [0.05, 0.1) is 13.0 Å². The zero-order valence-corrected chi connectivity index (χ0v) is 18.4. The van der Waals surface area contributed by atoms with E-state index in [1.165, 1.54) is 13.8 Å². The van der Waals surface area contributed by atoms with Gasteiger partial charge in [-0.1, -0.05) is 91.8 Å². The van der Waals surface area contributed by atoms with Crippen LogP contribution in [0.3, 0.4) is 0 Å². The summed E-state index contributed by atoms with van der Waals surface area (Å²) in [6.45, 7) is 0.0303. The predicted octanol–water partition coefficient (Wildman–Crippen LogP) is 7.65. The van der Waals surface area contributed by atoms with Crippen molar-refractivity contribution in [1.82, 2.24) is 0 Å². The average Bonchev–Trinajstić information content (AvgIpc) is 2.77. The van der Waals surface area contributed by atoms with E-state index in [1.807, 2.05) is 0 Å². The molecule has 0 saturated carbocycles. The Morgan fingerprint density at radius 3 is 1.54 bits per heavy atom. The van der Waals surface area contributed by atoms with Crippen molar-refractivity contribution in [2.45, 2.75) is 131 Å². The molecule has 0 amide bonds. The number of Topliss-reactive ketones (excluding diaryl/α,β-unsaturated/α-hetero) is 1. The first-order valence-electron chi connectivity index (χ1n) is 15.8. The molecule has 0 spiro atoms. The zero-order chi connectivity index (χ0) is 30.1. The highest BCUT2D eigenvalue weighted by Crippen LogP contribution is 2.29. The first-order valence-corrected chi connectivity index (χ1v) is 10.8. The smallest absolute Gasteiger partial charge is 0.306 e. The summed E-state index contributed by atoms with van der Waals surface area (Å²) < 4.78 is 84.1. The van der Waals surface area contributed by atoms with Gasteiger partial charge >= 0.3 is 5.97 Å². The molecule has 3 heteroatoms. The number of ketones is 1. The normalized spacial score (nSPS) is 22.9. The van der Waals surface area contributed by atoms with Crippen molar-refractivity contribution in [3.63, 3.8) is 0 Å². The summed E-state index contributed by atoms with van der Waals surface area (Å²) in [7, 11) is 0. The van der Waals surface area contributed by atoms with Crippen molar-refractivity contribution in [2.24, 2.45) is 10.8 Å². The number of carbonyl (C=O) groups is 2. The predicted molar refractivity (Wildman–Crippen MR) is 120 cm³/mol. The number of rotatable bonds is 18. The van der Waals surface area contributed by atoms with Gasteiger partial charge < -0.3 is 9.53 Å². The number of ether oxygens (including phenoxy) is 1. The maximum Gasteiger partial charge on any atom is 0.306 e. The third-order valence-corrected chi connectivity index (χ3v) is 4.71. The molecule has 3 nitrogen and oxygen atoms in total. The lowest BCUT2D eigenvalue weighted by Gasteiger charge is -2.23. The minimum Gasteiger partial charge on any atom is -0.466 e. The van der Waals surface area contributed by atoms with Crippen molar-refractivity contribution < 1.29 is 28.0 Å². The fraction of sp³-hybridized carbons (Fsp3) is 0.920. The van der Waals surface area contributed by atoms with Crippen LogP contribution in [0.1, 0.15) is 145 Å². The van der Waals surface area contributed by atoms with Crippen LogP contribution in [0.15, 0.2) is 0 Å². The van der Waals surface area contributed by atoms with Crippen molar-refractivity contribution in [1.29, 1.82) is 0 Å². The van der Waals surface area contributed by atoms with Crippen LogP contribution < -0.4 is 0 Å². The SMILES string of the molecule is [2H]C([2H])([2H])C(C)(CCCCCCCCCCCCC(C)(C([2H])([2H])[2H])C([2H])([2H])C(=O)OCC)C([2H])([2H])C(C)=O. The fourth-order valence-corrected chi connectivity index (χ4v) is 3.28. The maximum absolute atomic E-state index is 12.1. The molecule has 2 unspecified atom stereocenters. The Bertz CT molecular complexity index is 749. The average molecular weight is 407 g/mol. The van der Waals surface area contributed by atoms with Gasteiger partial charge in [-0.15, -0.1) is 0 Å². The molecule has 28 heavy (non-hydrogen) atoms. The first kappa shape index (κ1) is 14.2. The minimum atomic E-state index is -2.65. The quantitative estimate of drug-likeness (QED) is 0.173. The third-order valence-electron chi connectivity index (χ3n) is 4.71. The van der Waals surface area contributed by atoms with E-state index in [1.54, 1.807) is 6.92 Å². The van der Waals surface area contributed by atoms with Gasteiger partial charge in [0, 0.05) is 20.1 Å². The molecule has 0 aliphatic carbocycles. The van der Waals surface area contributed by atoms with Crippen molar-refractivity contribution in [3.05, 3.63) is 0 Å². The Balaban J connectivity index is 4.40. The second-order valence-corrected chi connectivity index (χ2v) is 8.23. The Kier molecular flexibility index (Phi) is 7.63. The summed E-state index contributed by atoms with van der Waals surface area (Å²) in [6, 6.07) is 0. The molecule has 0 radical (unpaired) electrons. The summed E-state index contributed by atoms with van der Waals surface area (Å²) in [4.78, 5) is 23.9. The summed E-state index contributed by atoms with van der Waals surface area (Å²) in [5.41, 5.74) is -3.57. The fourth-order valence-electron chi connectivity index (χ4n) is 3.28. The number of hydrogen-bond donors (Lipinski definition) is 0. The molecule has 0 bridgehead atoms. The van der Waals surface area contributed by atoms with Gasteiger partial charge in [0.25, 0.3) is 0 Å². The van der Waals surface area contributed by atoms with Gasteiger partial charge in [-0.3, -0.25) is 4.79 Å². The molecule has 0 aromatic rings. The van der Waals surface area contributed by atoms with E-state index in [4.69, 9.17) is 18.4 Å². The summed E-state index contributed by atoms with van der Waals surface area (Å²) in [6.07, 6.45) is 3.28. The zero-order valence-electron chi connectivity index (χ0n) is 28.4. The molecule has 0 aliphatic heterocycles. The lowest BCUT2D eigenvalue weighted by Crippen LogP contribution is -2.18. The number of carbonyl (C=O) groups excluding carboxylic acids is 2. The van der Waals surface area contributed by atoms with Gasteiger partial charge in [0.1, 0.15) is 5.78 Å². The molecule has 0 fully saturated rings. The lowest BCUT2D eigenvalue weighted by molar-refractivity contribution is -0.145. The topological polar surface area (TPSA) is 43.4 Å². The first-order chi connectivity index (χ1) is 17.1. The molecule has 0 N–H and O–H groups in total. The number of hydrogen-bond acceptors (Lipinski definition) is 3. The molecule has 0 aliphatic rings. The van der Waals surface area contributed by atoms with E-state index in [0.717, 1.165) is 58.3 Å². The monoisotopic (exact) mass is 406 g/mol. The number of unbranched alkanes of at least 4 members (excludes halogenated alkanes) is 9. The number of esters is 1. The van der Waals surface area contributed by atoms with E-state index in [-0.39, 0.29) is 19.4 Å². The largest absolute Gasteiger partial charge is 0.466 e. The molecule has 0 saturated heterocycles. The molecular weight excluding hydrogens is 348 g/mol. The van der Waals surface area contributed by atoms with E-state index < -0.39 is 49.0 Å². The standard InChI is InChI=1S/C25H48O3/c1-7-28-23(27)21-25(5,6)19-17-15-13-11-9-8-10-12-14-16-18-24(3,4)20-22(2)26/h7-21H2,1-6H3/i3D3,5D3,20D2,21D2. The van der Waals surface area contributed by atoms with Gasteiger partial charge in [0.2, 0.25) is 0 Å². The highest BCUT2D eigenvalue weighted by atomic mass is 16.5. The minimum absolute atomic E-state index is 0.0199. The summed E-state index contributed by atoms with van der Waals surface area (Å²) >= 11 is 0. The molecule has 166 valence electrons. The molecular formula is C25H48O3. The molecule has 2 atom stereocenters. The van der Waals surface area contributed by atoms with Crippen molar-refractivity contribution in [2.75, 3.05) is 6.61 Å². The van der Waals surface area contributed by atoms with Crippen LogP contribution in [-0.2, 0) is 14.3 Å². The Labute approximate surface area is 189 Å².